The summed E-state index contributed by atoms with van der Waals surface area (Å²) in [7, 11) is 2.00. The first-order valence-corrected chi connectivity index (χ1v) is 5.90. The molecule has 1 atom stereocenters. The molecule has 0 aromatic heterocycles. The van der Waals surface area contributed by atoms with Gasteiger partial charge in [-0.15, -0.1) is 0 Å². The van der Waals surface area contributed by atoms with Gasteiger partial charge in [-0.3, -0.25) is 0 Å². The highest BCUT2D eigenvalue weighted by Crippen LogP contribution is 2.20. The summed E-state index contributed by atoms with van der Waals surface area (Å²) >= 11 is 0. The third-order valence-corrected chi connectivity index (χ3v) is 3.06. The average molecular weight is 215 g/mol. The SMILES string of the molecule is CNC(COC1CCOCC1)C(C)(C)C. The molecule has 1 aliphatic rings. The standard InChI is InChI=1S/C12H25NO2/c1-12(2,3)11(13-4)9-15-10-5-7-14-8-6-10/h10-11,13H,5-9H2,1-4H3. The minimum Gasteiger partial charge on any atom is -0.381 e. The van der Waals surface area contributed by atoms with E-state index in [0.29, 0.717) is 12.1 Å². The molecular formula is C12H25NO2. The summed E-state index contributed by atoms with van der Waals surface area (Å²) in [6, 6.07) is 0.417. The van der Waals surface area contributed by atoms with Crippen LogP contribution in [0.1, 0.15) is 33.6 Å². The van der Waals surface area contributed by atoms with Crippen LogP contribution in [0.2, 0.25) is 0 Å². The van der Waals surface area contributed by atoms with Crippen molar-refractivity contribution in [3.05, 3.63) is 0 Å². The molecule has 0 aliphatic carbocycles. The van der Waals surface area contributed by atoms with Gasteiger partial charge in [-0.05, 0) is 25.3 Å². The Kier molecular flexibility index (Phi) is 5.03. The molecule has 3 heteroatoms. The van der Waals surface area contributed by atoms with Crippen molar-refractivity contribution in [3.63, 3.8) is 0 Å². The van der Waals surface area contributed by atoms with Crippen LogP contribution in [-0.2, 0) is 9.47 Å². The topological polar surface area (TPSA) is 30.5 Å². The zero-order valence-electron chi connectivity index (χ0n) is 10.5. The van der Waals surface area contributed by atoms with Gasteiger partial charge in [-0.2, -0.15) is 0 Å². The van der Waals surface area contributed by atoms with Crippen molar-refractivity contribution in [3.8, 4) is 0 Å². The lowest BCUT2D eigenvalue weighted by Crippen LogP contribution is -2.43. The minimum atomic E-state index is 0.250. The smallest absolute Gasteiger partial charge is 0.0628 e. The zero-order valence-corrected chi connectivity index (χ0v) is 10.5. The van der Waals surface area contributed by atoms with E-state index in [-0.39, 0.29) is 5.41 Å². The highest BCUT2D eigenvalue weighted by molar-refractivity contribution is 4.79. The Morgan fingerprint density at radius 3 is 2.40 bits per heavy atom. The van der Waals surface area contributed by atoms with Crippen LogP contribution >= 0.6 is 0 Å². The summed E-state index contributed by atoms with van der Waals surface area (Å²) in [6.45, 7) is 9.21. The Labute approximate surface area is 93.5 Å². The highest BCUT2D eigenvalue weighted by Gasteiger charge is 2.24. The van der Waals surface area contributed by atoms with E-state index in [9.17, 15) is 0 Å². The van der Waals surface area contributed by atoms with E-state index in [0.717, 1.165) is 32.7 Å². The molecule has 1 N–H and O–H groups in total. The molecule has 1 aliphatic heterocycles. The van der Waals surface area contributed by atoms with Gasteiger partial charge in [0.2, 0.25) is 0 Å². The summed E-state index contributed by atoms with van der Waals surface area (Å²) in [5, 5.41) is 3.33. The van der Waals surface area contributed by atoms with Crippen molar-refractivity contribution in [1.29, 1.82) is 0 Å². The van der Waals surface area contributed by atoms with Crippen LogP contribution in [0.25, 0.3) is 0 Å². The van der Waals surface area contributed by atoms with E-state index >= 15 is 0 Å². The van der Waals surface area contributed by atoms with Crippen LogP contribution in [-0.4, -0.2) is 39.0 Å². The lowest BCUT2D eigenvalue weighted by Gasteiger charge is -2.32. The molecule has 1 saturated heterocycles. The second-order valence-electron chi connectivity index (χ2n) is 5.35. The quantitative estimate of drug-likeness (QED) is 0.776. The molecule has 0 radical (unpaired) electrons. The second kappa shape index (κ2) is 5.83. The lowest BCUT2D eigenvalue weighted by atomic mass is 9.87. The van der Waals surface area contributed by atoms with Gasteiger partial charge in [0.25, 0.3) is 0 Å². The molecule has 0 spiro atoms. The van der Waals surface area contributed by atoms with Crippen LogP contribution in [0.5, 0.6) is 0 Å². The molecule has 1 rings (SSSR count). The van der Waals surface area contributed by atoms with Gasteiger partial charge in [-0.25, -0.2) is 0 Å². The van der Waals surface area contributed by atoms with Gasteiger partial charge in [0.1, 0.15) is 0 Å². The van der Waals surface area contributed by atoms with Gasteiger partial charge in [0.15, 0.2) is 0 Å². The molecule has 1 heterocycles. The molecule has 15 heavy (non-hydrogen) atoms. The Bertz CT molecular complexity index is 171. The number of hydrogen-bond acceptors (Lipinski definition) is 3. The van der Waals surface area contributed by atoms with Crippen molar-refractivity contribution >= 4 is 0 Å². The van der Waals surface area contributed by atoms with Crippen molar-refractivity contribution in [2.24, 2.45) is 5.41 Å². The summed E-state index contributed by atoms with van der Waals surface area (Å²) in [6.07, 6.45) is 2.48. The molecular weight excluding hydrogens is 190 g/mol. The van der Waals surface area contributed by atoms with Crippen LogP contribution < -0.4 is 5.32 Å². The predicted octanol–water partition coefficient (Wildman–Crippen LogP) is 1.82. The Morgan fingerprint density at radius 2 is 1.93 bits per heavy atom. The van der Waals surface area contributed by atoms with Gasteiger partial charge in [0, 0.05) is 19.3 Å². The number of rotatable bonds is 4. The molecule has 1 unspecified atom stereocenters. The van der Waals surface area contributed by atoms with Crippen molar-refractivity contribution in [2.45, 2.75) is 45.8 Å². The first-order valence-electron chi connectivity index (χ1n) is 5.90. The fourth-order valence-corrected chi connectivity index (χ4v) is 1.84. The molecule has 3 nitrogen and oxygen atoms in total. The van der Waals surface area contributed by atoms with Crippen LogP contribution in [0.4, 0.5) is 0 Å². The van der Waals surface area contributed by atoms with E-state index in [1.165, 1.54) is 0 Å². The summed E-state index contributed by atoms with van der Waals surface area (Å²) in [5.41, 5.74) is 0.250. The van der Waals surface area contributed by atoms with E-state index in [4.69, 9.17) is 9.47 Å². The van der Waals surface area contributed by atoms with Crippen molar-refractivity contribution < 1.29 is 9.47 Å². The third-order valence-electron chi connectivity index (χ3n) is 3.06. The number of hydrogen-bond donors (Lipinski definition) is 1. The normalized spacial score (nSPS) is 21.6. The maximum Gasteiger partial charge on any atom is 0.0628 e. The van der Waals surface area contributed by atoms with Crippen molar-refractivity contribution in [2.75, 3.05) is 26.9 Å². The maximum atomic E-state index is 5.92. The summed E-state index contributed by atoms with van der Waals surface area (Å²) in [5.74, 6) is 0. The number of nitrogens with one attached hydrogen (secondary N) is 1. The lowest BCUT2D eigenvalue weighted by molar-refractivity contribution is -0.0458. The molecule has 0 bridgehead atoms. The van der Waals surface area contributed by atoms with E-state index in [1.54, 1.807) is 0 Å². The average Bonchev–Trinajstić information content (AvgIpc) is 2.18. The Hall–Kier alpha value is -0.120. The van der Waals surface area contributed by atoms with Gasteiger partial charge in [-0.1, -0.05) is 20.8 Å². The minimum absolute atomic E-state index is 0.250. The molecule has 0 saturated carbocycles. The van der Waals surface area contributed by atoms with Gasteiger partial charge < -0.3 is 14.8 Å². The van der Waals surface area contributed by atoms with Crippen molar-refractivity contribution in [1.82, 2.24) is 5.32 Å². The zero-order chi connectivity index (χ0) is 11.3. The van der Waals surface area contributed by atoms with Crippen LogP contribution in [0.3, 0.4) is 0 Å². The first-order chi connectivity index (χ1) is 7.04. The predicted molar refractivity (Wildman–Crippen MR) is 62.1 cm³/mol. The van der Waals surface area contributed by atoms with Gasteiger partial charge >= 0.3 is 0 Å². The molecule has 90 valence electrons. The second-order valence-corrected chi connectivity index (χ2v) is 5.35. The number of ether oxygens (including phenoxy) is 2. The molecule has 0 aromatic carbocycles. The summed E-state index contributed by atoms with van der Waals surface area (Å²) in [4.78, 5) is 0. The molecule has 1 fully saturated rings. The van der Waals surface area contributed by atoms with E-state index < -0.39 is 0 Å². The first kappa shape index (κ1) is 12.9. The fraction of sp³-hybridized carbons (Fsp3) is 1.00. The maximum absolute atomic E-state index is 5.92. The Morgan fingerprint density at radius 1 is 1.33 bits per heavy atom. The Balaban J connectivity index is 2.27. The van der Waals surface area contributed by atoms with Crippen LogP contribution in [0, 0.1) is 5.41 Å². The monoisotopic (exact) mass is 215 g/mol. The largest absolute Gasteiger partial charge is 0.381 e. The molecule has 0 aromatic rings. The summed E-state index contributed by atoms with van der Waals surface area (Å²) < 4.78 is 11.2. The van der Waals surface area contributed by atoms with E-state index in [2.05, 4.69) is 26.1 Å². The highest BCUT2D eigenvalue weighted by atomic mass is 16.5. The van der Waals surface area contributed by atoms with Gasteiger partial charge in [0.05, 0.1) is 12.7 Å². The van der Waals surface area contributed by atoms with Crippen LogP contribution in [0.15, 0.2) is 0 Å². The number of likely N-dealkylation sites (N-methyl/N-ethyl adjacent to an activating group) is 1. The third kappa shape index (κ3) is 4.49. The van der Waals surface area contributed by atoms with E-state index in [1.807, 2.05) is 7.05 Å². The fourth-order valence-electron chi connectivity index (χ4n) is 1.84. The molecule has 0 amide bonds.